The van der Waals surface area contributed by atoms with Gasteiger partial charge in [0.05, 0.1) is 17.6 Å². The van der Waals surface area contributed by atoms with E-state index in [0.29, 0.717) is 0 Å². The van der Waals surface area contributed by atoms with Crippen molar-refractivity contribution in [2.75, 3.05) is 4.90 Å². The zero-order chi connectivity index (χ0) is 33.7. The molecule has 0 unspecified atom stereocenters. The van der Waals surface area contributed by atoms with E-state index < -0.39 is 0 Å². The summed E-state index contributed by atoms with van der Waals surface area (Å²) in [5.41, 5.74) is 13.1. The molecule has 0 radical (unpaired) electrons. The lowest BCUT2D eigenvalue weighted by Gasteiger charge is -2.26. The first-order valence-electron chi connectivity index (χ1n) is 17.1. The fourth-order valence-electron chi connectivity index (χ4n) is 7.22. The molecule has 0 aliphatic carbocycles. The van der Waals surface area contributed by atoms with E-state index in [0.717, 1.165) is 83.3 Å². The van der Waals surface area contributed by atoms with E-state index in [2.05, 4.69) is 138 Å². The molecule has 0 bridgehead atoms. The number of hydrogen-bond acceptors (Lipinski definition) is 4. The van der Waals surface area contributed by atoms with Gasteiger partial charge >= 0.3 is 0 Å². The molecule has 4 heteroatoms. The molecule has 10 rings (SSSR count). The molecular formula is C47H30N2O2. The van der Waals surface area contributed by atoms with Crippen molar-refractivity contribution in [1.29, 1.82) is 0 Å². The lowest BCUT2D eigenvalue weighted by molar-refractivity contribution is 0.669. The normalized spacial score (nSPS) is 11.5. The maximum Gasteiger partial charge on any atom is 0.143 e. The number of rotatable bonds is 6. The molecule has 4 nitrogen and oxygen atoms in total. The number of hydrogen-bond donors (Lipinski definition) is 0. The Morgan fingerprint density at radius 3 is 1.67 bits per heavy atom. The van der Waals surface area contributed by atoms with Crippen LogP contribution in [0.2, 0.25) is 0 Å². The van der Waals surface area contributed by atoms with E-state index in [1.165, 1.54) is 11.1 Å². The SMILES string of the molecule is c1ccc(-c2ccc(N(c3ccc(-c4cccc5c4oc4ccccc45)cc3)c3ccc(-c4ccc5oc6ccccc6c5c4)nc3)cc2)cc1. The Bertz CT molecular complexity index is 2830. The van der Waals surface area contributed by atoms with Crippen LogP contribution in [0.15, 0.2) is 191 Å². The third-order valence-electron chi connectivity index (χ3n) is 9.75. The molecule has 3 heterocycles. The molecule has 3 aromatic heterocycles. The van der Waals surface area contributed by atoms with Crippen molar-refractivity contribution < 1.29 is 8.83 Å². The van der Waals surface area contributed by atoms with Gasteiger partial charge in [-0.3, -0.25) is 4.98 Å². The highest BCUT2D eigenvalue weighted by molar-refractivity contribution is 6.09. The highest BCUT2D eigenvalue weighted by atomic mass is 16.3. The van der Waals surface area contributed by atoms with E-state index in [9.17, 15) is 0 Å². The van der Waals surface area contributed by atoms with Crippen molar-refractivity contribution in [3.8, 4) is 33.5 Å². The minimum atomic E-state index is 0.877. The third-order valence-corrected chi connectivity index (χ3v) is 9.75. The van der Waals surface area contributed by atoms with Crippen LogP contribution in [0, 0.1) is 0 Å². The Kier molecular flexibility index (Phi) is 6.78. The smallest absolute Gasteiger partial charge is 0.143 e. The molecular weight excluding hydrogens is 625 g/mol. The summed E-state index contributed by atoms with van der Waals surface area (Å²) in [5.74, 6) is 0. The van der Waals surface area contributed by atoms with Crippen molar-refractivity contribution >= 4 is 60.9 Å². The summed E-state index contributed by atoms with van der Waals surface area (Å²) in [4.78, 5) is 7.25. The number of pyridine rings is 1. The molecule has 0 saturated heterocycles. The summed E-state index contributed by atoms with van der Waals surface area (Å²) in [5, 5.41) is 4.45. The maximum atomic E-state index is 6.37. The van der Waals surface area contributed by atoms with Gasteiger partial charge in [-0.25, -0.2) is 0 Å². The number of fused-ring (bicyclic) bond motifs is 6. The minimum Gasteiger partial charge on any atom is -0.456 e. The summed E-state index contributed by atoms with van der Waals surface area (Å²) in [6.45, 7) is 0. The van der Waals surface area contributed by atoms with Crippen LogP contribution in [-0.4, -0.2) is 4.98 Å². The largest absolute Gasteiger partial charge is 0.456 e. The van der Waals surface area contributed by atoms with Crippen LogP contribution in [0.1, 0.15) is 0 Å². The fraction of sp³-hybridized carbons (Fsp3) is 0. The second-order valence-corrected chi connectivity index (χ2v) is 12.8. The van der Waals surface area contributed by atoms with Gasteiger partial charge in [0.1, 0.15) is 22.3 Å². The Morgan fingerprint density at radius 1 is 0.373 bits per heavy atom. The molecule has 0 aliphatic heterocycles. The summed E-state index contributed by atoms with van der Waals surface area (Å²) in [7, 11) is 0. The topological polar surface area (TPSA) is 42.4 Å². The number of nitrogens with zero attached hydrogens (tertiary/aromatic N) is 2. The van der Waals surface area contributed by atoms with Crippen molar-refractivity contribution in [2.45, 2.75) is 0 Å². The van der Waals surface area contributed by atoms with E-state index >= 15 is 0 Å². The van der Waals surface area contributed by atoms with E-state index in [1.807, 2.05) is 48.7 Å². The van der Waals surface area contributed by atoms with Crippen molar-refractivity contribution in [3.63, 3.8) is 0 Å². The lowest BCUT2D eigenvalue weighted by Crippen LogP contribution is -2.10. The molecule has 51 heavy (non-hydrogen) atoms. The maximum absolute atomic E-state index is 6.37. The van der Waals surface area contributed by atoms with Crippen molar-refractivity contribution in [1.82, 2.24) is 4.98 Å². The van der Waals surface area contributed by atoms with E-state index in [1.54, 1.807) is 0 Å². The molecule has 10 aromatic rings. The van der Waals surface area contributed by atoms with Crippen LogP contribution >= 0.6 is 0 Å². The molecule has 0 fully saturated rings. The molecule has 0 N–H and O–H groups in total. The van der Waals surface area contributed by atoms with Crippen LogP contribution in [0.4, 0.5) is 17.1 Å². The van der Waals surface area contributed by atoms with Crippen LogP contribution in [0.25, 0.3) is 77.4 Å². The van der Waals surface area contributed by atoms with Gasteiger partial charge in [0.2, 0.25) is 0 Å². The highest BCUT2D eigenvalue weighted by Gasteiger charge is 2.17. The zero-order valence-corrected chi connectivity index (χ0v) is 27.5. The van der Waals surface area contributed by atoms with Crippen LogP contribution in [-0.2, 0) is 0 Å². The van der Waals surface area contributed by atoms with Crippen LogP contribution < -0.4 is 4.90 Å². The Balaban J connectivity index is 1.04. The minimum absolute atomic E-state index is 0.877. The van der Waals surface area contributed by atoms with Crippen molar-refractivity contribution in [2.24, 2.45) is 0 Å². The zero-order valence-electron chi connectivity index (χ0n) is 27.5. The Labute approximate surface area is 294 Å². The molecule has 0 atom stereocenters. The van der Waals surface area contributed by atoms with Crippen molar-refractivity contribution in [3.05, 3.63) is 182 Å². The van der Waals surface area contributed by atoms with Crippen LogP contribution in [0.3, 0.4) is 0 Å². The number of aromatic nitrogens is 1. The van der Waals surface area contributed by atoms with Gasteiger partial charge in [-0.1, -0.05) is 109 Å². The van der Waals surface area contributed by atoms with Gasteiger partial charge in [0.25, 0.3) is 0 Å². The molecule has 240 valence electrons. The fourth-order valence-corrected chi connectivity index (χ4v) is 7.22. The number of furan rings is 2. The van der Waals surface area contributed by atoms with Gasteiger partial charge in [-0.15, -0.1) is 0 Å². The second kappa shape index (κ2) is 11.9. The van der Waals surface area contributed by atoms with E-state index in [4.69, 9.17) is 13.8 Å². The summed E-state index contributed by atoms with van der Waals surface area (Å²) >= 11 is 0. The molecule has 0 aliphatic rings. The first kappa shape index (κ1) is 29.0. The quantitative estimate of drug-likeness (QED) is 0.179. The summed E-state index contributed by atoms with van der Waals surface area (Å²) < 4.78 is 12.4. The highest BCUT2D eigenvalue weighted by Crippen LogP contribution is 2.40. The number of benzene rings is 7. The standard InChI is InChI=1S/C47H30N2O2/c1-2-9-31(10-3-1)32-17-22-35(23-18-32)49(36-24-19-33(20-25-36)38-13-8-14-41-39-11-4-7-16-45(39)51-47(38)41)37-26-27-43(48-30-37)34-21-28-46-42(29-34)40-12-5-6-15-44(40)50-46/h1-30H. The predicted molar refractivity (Wildman–Crippen MR) is 210 cm³/mol. The summed E-state index contributed by atoms with van der Waals surface area (Å²) in [6, 6.07) is 61.2. The summed E-state index contributed by atoms with van der Waals surface area (Å²) in [6.07, 6.45) is 1.96. The molecule has 0 saturated carbocycles. The van der Waals surface area contributed by atoms with E-state index in [-0.39, 0.29) is 0 Å². The van der Waals surface area contributed by atoms with Gasteiger partial charge in [0, 0.05) is 44.0 Å². The van der Waals surface area contributed by atoms with Gasteiger partial charge < -0.3 is 13.7 Å². The first-order chi connectivity index (χ1) is 25.3. The average Bonchev–Trinajstić information content (AvgIpc) is 3.77. The van der Waals surface area contributed by atoms with Gasteiger partial charge in [0.15, 0.2) is 0 Å². The molecule has 0 amide bonds. The number of anilines is 3. The number of para-hydroxylation sites is 3. The molecule has 7 aromatic carbocycles. The monoisotopic (exact) mass is 654 g/mol. The first-order valence-corrected chi connectivity index (χ1v) is 17.1. The van der Waals surface area contributed by atoms with Crippen LogP contribution in [0.5, 0.6) is 0 Å². The molecule has 0 spiro atoms. The van der Waals surface area contributed by atoms with Gasteiger partial charge in [-0.2, -0.15) is 0 Å². The van der Waals surface area contributed by atoms with Gasteiger partial charge in [-0.05, 0) is 83.4 Å². The third kappa shape index (κ3) is 5.04. The second-order valence-electron chi connectivity index (χ2n) is 12.8. The Hall–Kier alpha value is -6.91. The predicted octanol–water partition coefficient (Wildman–Crippen LogP) is 13.4. The average molecular weight is 655 g/mol. The lowest BCUT2D eigenvalue weighted by atomic mass is 10.0. The Morgan fingerprint density at radius 2 is 0.941 bits per heavy atom.